The molecule has 0 aromatic carbocycles. The van der Waals surface area contributed by atoms with Crippen molar-refractivity contribution in [3.63, 3.8) is 0 Å². The number of nitrogens with zero attached hydrogens (tertiary/aromatic N) is 2. The number of hydrogen-bond acceptors (Lipinski definition) is 5. The fraction of sp³-hybridized carbons (Fsp3) is 0.688. The fourth-order valence-corrected chi connectivity index (χ4v) is 2.93. The quantitative estimate of drug-likeness (QED) is 0.799. The Kier molecular flexibility index (Phi) is 4.65. The molecule has 1 aliphatic rings. The Morgan fingerprint density at radius 3 is 2.41 bits per heavy atom. The SMILES string of the molecule is CON(C)C(=O)c1ccc(CN2C(C)(C)COCC2(C)C)o1. The first-order valence-electron chi connectivity index (χ1n) is 7.44. The average Bonchev–Trinajstić information content (AvgIpc) is 2.89. The molecule has 0 N–H and O–H groups in total. The first-order valence-corrected chi connectivity index (χ1v) is 7.44. The van der Waals surface area contributed by atoms with Crippen LogP contribution in [-0.4, -0.2) is 54.3 Å². The minimum atomic E-state index is -0.297. The van der Waals surface area contributed by atoms with Gasteiger partial charge in [-0.3, -0.25) is 14.5 Å². The summed E-state index contributed by atoms with van der Waals surface area (Å²) in [6.45, 7) is 10.6. The molecule has 0 bridgehead atoms. The predicted octanol–water partition coefficient (Wildman–Crippen LogP) is 2.30. The van der Waals surface area contributed by atoms with E-state index in [0.717, 1.165) is 10.8 Å². The van der Waals surface area contributed by atoms with E-state index in [1.165, 1.54) is 7.11 Å². The summed E-state index contributed by atoms with van der Waals surface area (Å²) in [7, 11) is 3.00. The van der Waals surface area contributed by atoms with Crippen molar-refractivity contribution in [2.24, 2.45) is 0 Å². The van der Waals surface area contributed by atoms with E-state index in [2.05, 4.69) is 32.6 Å². The number of carbonyl (C=O) groups excluding carboxylic acids is 1. The molecular weight excluding hydrogens is 284 g/mol. The summed E-state index contributed by atoms with van der Waals surface area (Å²) in [5.74, 6) is 0.744. The maximum absolute atomic E-state index is 12.0. The molecule has 124 valence electrons. The lowest BCUT2D eigenvalue weighted by Crippen LogP contribution is -2.62. The van der Waals surface area contributed by atoms with Crippen LogP contribution in [0.4, 0.5) is 0 Å². The molecule has 22 heavy (non-hydrogen) atoms. The van der Waals surface area contributed by atoms with Gasteiger partial charge in [-0.15, -0.1) is 0 Å². The van der Waals surface area contributed by atoms with E-state index in [1.54, 1.807) is 13.1 Å². The zero-order valence-electron chi connectivity index (χ0n) is 14.3. The Morgan fingerprint density at radius 1 is 1.27 bits per heavy atom. The molecule has 0 radical (unpaired) electrons. The van der Waals surface area contributed by atoms with Gasteiger partial charge in [0.15, 0.2) is 5.76 Å². The first kappa shape index (κ1) is 17.0. The van der Waals surface area contributed by atoms with Crippen LogP contribution in [0, 0.1) is 0 Å². The van der Waals surface area contributed by atoms with Gasteiger partial charge >= 0.3 is 5.91 Å². The van der Waals surface area contributed by atoms with E-state index in [1.807, 2.05) is 6.07 Å². The lowest BCUT2D eigenvalue weighted by molar-refractivity contribution is -0.133. The van der Waals surface area contributed by atoms with E-state index >= 15 is 0 Å². The van der Waals surface area contributed by atoms with E-state index < -0.39 is 0 Å². The zero-order chi connectivity index (χ0) is 16.5. The minimum Gasteiger partial charge on any atom is -0.454 e. The third-order valence-corrected chi connectivity index (χ3v) is 4.12. The van der Waals surface area contributed by atoms with Crippen molar-refractivity contribution in [3.8, 4) is 0 Å². The highest BCUT2D eigenvalue weighted by Gasteiger charge is 2.42. The molecule has 1 amide bonds. The summed E-state index contributed by atoms with van der Waals surface area (Å²) < 4.78 is 11.4. The van der Waals surface area contributed by atoms with Crippen molar-refractivity contribution in [1.29, 1.82) is 0 Å². The highest BCUT2D eigenvalue weighted by molar-refractivity contribution is 5.90. The number of hydrogen-bond donors (Lipinski definition) is 0. The number of morpholine rings is 1. The van der Waals surface area contributed by atoms with Crippen LogP contribution in [0.1, 0.15) is 44.0 Å². The number of carbonyl (C=O) groups is 1. The van der Waals surface area contributed by atoms with Crippen molar-refractivity contribution in [3.05, 3.63) is 23.7 Å². The Balaban J connectivity index is 2.16. The second kappa shape index (κ2) is 6.02. The van der Waals surface area contributed by atoms with Crippen LogP contribution in [0.3, 0.4) is 0 Å². The van der Waals surface area contributed by atoms with Crippen molar-refractivity contribution < 1.29 is 18.8 Å². The van der Waals surface area contributed by atoms with Crippen molar-refractivity contribution in [1.82, 2.24) is 9.96 Å². The predicted molar refractivity (Wildman–Crippen MR) is 82.3 cm³/mol. The largest absolute Gasteiger partial charge is 0.454 e. The molecule has 0 spiro atoms. The van der Waals surface area contributed by atoms with Gasteiger partial charge in [-0.2, -0.15) is 0 Å². The van der Waals surface area contributed by atoms with Gasteiger partial charge in [0.2, 0.25) is 0 Å². The molecule has 0 atom stereocenters. The van der Waals surface area contributed by atoms with Gasteiger partial charge in [0.05, 0.1) is 26.9 Å². The van der Waals surface area contributed by atoms with E-state index in [0.29, 0.717) is 19.8 Å². The van der Waals surface area contributed by atoms with Gasteiger partial charge in [-0.25, -0.2) is 5.06 Å². The summed E-state index contributed by atoms with van der Waals surface area (Å²) in [6.07, 6.45) is 0. The van der Waals surface area contributed by atoms with Crippen LogP contribution in [0.15, 0.2) is 16.5 Å². The van der Waals surface area contributed by atoms with E-state index in [-0.39, 0.29) is 22.7 Å². The van der Waals surface area contributed by atoms with Crippen LogP contribution < -0.4 is 0 Å². The van der Waals surface area contributed by atoms with Gasteiger partial charge in [0.25, 0.3) is 0 Å². The molecule has 1 saturated heterocycles. The fourth-order valence-electron chi connectivity index (χ4n) is 2.93. The van der Waals surface area contributed by atoms with Gasteiger partial charge < -0.3 is 9.15 Å². The molecule has 1 aliphatic heterocycles. The van der Waals surface area contributed by atoms with E-state index in [4.69, 9.17) is 14.0 Å². The molecule has 6 heteroatoms. The highest BCUT2D eigenvalue weighted by atomic mass is 16.7. The summed E-state index contributed by atoms with van der Waals surface area (Å²) >= 11 is 0. The third kappa shape index (κ3) is 3.34. The molecule has 1 fully saturated rings. The summed E-state index contributed by atoms with van der Waals surface area (Å²) in [5, 5.41) is 1.14. The highest BCUT2D eigenvalue weighted by Crippen LogP contribution is 2.32. The summed E-state index contributed by atoms with van der Waals surface area (Å²) in [4.78, 5) is 19.3. The molecule has 6 nitrogen and oxygen atoms in total. The van der Waals surface area contributed by atoms with Crippen LogP contribution in [0.25, 0.3) is 0 Å². The van der Waals surface area contributed by atoms with Gasteiger partial charge in [-0.1, -0.05) is 0 Å². The molecule has 1 aromatic rings. The number of hydroxylamine groups is 2. The first-order chi connectivity index (χ1) is 10.2. The lowest BCUT2D eigenvalue weighted by atomic mass is 9.91. The van der Waals surface area contributed by atoms with Crippen LogP contribution >= 0.6 is 0 Å². The summed E-state index contributed by atoms with van der Waals surface area (Å²) in [6, 6.07) is 3.53. The third-order valence-electron chi connectivity index (χ3n) is 4.12. The van der Waals surface area contributed by atoms with Crippen LogP contribution in [0.2, 0.25) is 0 Å². The zero-order valence-corrected chi connectivity index (χ0v) is 14.3. The smallest absolute Gasteiger partial charge is 0.312 e. The average molecular weight is 310 g/mol. The van der Waals surface area contributed by atoms with Crippen molar-refractivity contribution in [2.75, 3.05) is 27.4 Å². The maximum atomic E-state index is 12.0. The van der Waals surface area contributed by atoms with Gasteiger partial charge in [0, 0.05) is 18.1 Å². The Bertz CT molecular complexity index is 520. The topological polar surface area (TPSA) is 55.2 Å². The van der Waals surface area contributed by atoms with Crippen molar-refractivity contribution in [2.45, 2.75) is 45.3 Å². The Hall–Kier alpha value is -1.37. The maximum Gasteiger partial charge on any atom is 0.312 e. The van der Waals surface area contributed by atoms with Crippen LogP contribution in [0.5, 0.6) is 0 Å². The standard InChI is InChI=1S/C16H26N2O4/c1-15(2)10-21-11-16(3,4)18(15)9-12-7-8-13(22-12)14(19)17(5)20-6/h7-8H,9-11H2,1-6H3. The normalized spacial score (nSPS) is 20.8. The Morgan fingerprint density at radius 2 is 1.86 bits per heavy atom. The number of furan rings is 1. The second-order valence-electron chi connectivity index (χ2n) is 6.95. The molecular formula is C16H26N2O4. The molecule has 2 rings (SSSR count). The molecule has 2 heterocycles. The van der Waals surface area contributed by atoms with Crippen molar-refractivity contribution >= 4 is 5.91 Å². The second-order valence-corrected chi connectivity index (χ2v) is 6.95. The number of rotatable bonds is 4. The number of ether oxygens (including phenoxy) is 1. The van der Waals surface area contributed by atoms with Gasteiger partial charge in [-0.05, 0) is 39.8 Å². The minimum absolute atomic E-state index is 0.0952. The molecule has 0 unspecified atom stereocenters. The molecule has 1 aromatic heterocycles. The van der Waals surface area contributed by atoms with Gasteiger partial charge in [0.1, 0.15) is 5.76 Å². The monoisotopic (exact) mass is 310 g/mol. The van der Waals surface area contributed by atoms with E-state index in [9.17, 15) is 4.79 Å². The number of amides is 1. The molecule has 0 saturated carbocycles. The molecule has 0 aliphatic carbocycles. The summed E-state index contributed by atoms with van der Waals surface area (Å²) in [5.41, 5.74) is -0.190. The lowest BCUT2D eigenvalue weighted by Gasteiger charge is -2.52. The van der Waals surface area contributed by atoms with Crippen LogP contribution in [-0.2, 0) is 16.1 Å². The Labute approximate surface area is 131 Å².